The second kappa shape index (κ2) is 5.09. The van der Waals surface area contributed by atoms with Gasteiger partial charge in [-0.05, 0) is 30.7 Å². The van der Waals surface area contributed by atoms with Gasteiger partial charge in [0.2, 0.25) is 0 Å². The molecule has 0 fully saturated rings. The number of hydrogen-bond acceptors (Lipinski definition) is 3. The maximum absolute atomic E-state index is 13.3. The highest BCUT2D eigenvalue weighted by atomic mass is 32.1. The number of carboxylic acid groups (broad SMARTS) is 1. The molecule has 0 radical (unpaired) electrons. The summed E-state index contributed by atoms with van der Waals surface area (Å²) in [6.07, 6.45) is 0. The normalized spacial score (nSPS) is 11.0. The second-order valence-electron chi connectivity index (χ2n) is 4.65. The molecule has 0 aliphatic rings. The zero-order chi connectivity index (χ0) is 14.2. The third-order valence-electron chi connectivity index (χ3n) is 2.76. The number of hydrogen-bond donors (Lipinski definition) is 1. The molecule has 0 aliphatic carbocycles. The van der Waals surface area contributed by atoms with Crippen LogP contribution in [-0.4, -0.2) is 16.1 Å². The van der Waals surface area contributed by atoms with Gasteiger partial charge in [-0.25, -0.2) is 14.2 Å². The van der Waals surface area contributed by atoms with Gasteiger partial charge in [-0.1, -0.05) is 13.8 Å². The number of thiazole rings is 1. The molecular weight excluding hydrogens is 265 g/mol. The van der Waals surface area contributed by atoms with Crippen molar-refractivity contribution in [3.8, 4) is 11.3 Å². The van der Waals surface area contributed by atoms with Gasteiger partial charge in [0.05, 0.1) is 10.7 Å². The lowest BCUT2D eigenvalue weighted by molar-refractivity contribution is 0.0702. The zero-order valence-electron chi connectivity index (χ0n) is 10.9. The molecule has 0 spiro atoms. The van der Waals surface area contributed by atoms with Crippen LogP contribution in [0, 0.1) is 12.7 Å². The summed E-state index contributed by atoms with van der Waals surface area (Å²) in [4.78, 5) is 15.9. The van der Waals surface area contributed by atoms with Gasteiger partial charge in [0.1, 0.15) is 10.7 Å². The van der Waals surface area contributed by atoms with E-state index < -0.39 is 5.97 Å². The van der Waals surface area contributed by atoms with E-state index in [2.05, 4.69) is 4.98 Å². The highest BCUT2D eigenvalue weighted by Crippen LogP contribution is 2.32. The molecule has 2 rings (SSSR count). The number of benzene rings is 1. The first-order chi connectivity index (χ1) is 8.90. The summed E-state index contributed by atoms with van der Waals surface area (Å²) in [5.41, 5.74) is 1.54. The van der Waals surface area contributed by atoms with Crippen LogP contribution in [0.2, 0.25) is 0 Å². The van der Waals surface area contributed by atoms with Gasteiger partial charge < -0.3 is 5.11 Å². The number of carboxylic acids is 1. The number of halogens is 1. The van der Waals surface area contributed by atoms with Crippen molar-refractivity contribution in [1.82, 2.24) is 4.98 Å². The lowest BCUT2D eigenvalue weighted by atomic mass is 10.1. The van der Waals surface area contributed by atoms with Gasteiger partial charge >= 0.3 is 5.97 Å². The van der Waals surface area contributed by atoms with E-state index in [4.69, 9.17) is 0 Å². The van der Waals surface area contributed by atoms with Crippen LogP contribution in [-0.2, 0) is 0 Å². The van der Waals surface area contributed by atoms with Crippen LogP contribution in [0.3, 0.4) is 0 Å². The van der Waals surface area contributed by atoms with E-state index in [0.29, 0.717) is 16.8 Å². The molecule has 0 atom stereocenters. The molecule has 100 valence electrons. The number of nitrogens with zero attached hydrogens (tertiary/aromatic N) is 1. The lowest BCUT2D eigenvalue weighted by Gasteiger charge is -2.02. The standard InChI is InChI=1S/C14H14FNO2S/c1-7(2)13-16-11(12(19-13)14(17)18)9-4-5-10(15)8(3)6-9/h4-7H,1-3H3,(H,17,18). The Hall–Kier alpha value is -1.75. The van der Waals surface area contributed by atoms with E-state index in [1.54, 1.807) is 19.1 Å². The summed E-state index contributed by atoms with van der Waals surface area (Å²) in [5.74, 6) is -1.14. The largest absolute Gasteiger partial charge is 0.477 e. The van der Waals surface area contributed by atoms with Gasteiger partial charge in [0, 0.05) is 11.5 Å². The third-order valence-corrected chi connectivity index (χ3v) is 4.11. The maximum Gasteiger partial charge on any atom is 0.348 e. The molecule has 1 aromatic carbocycles. The van der Waals surface area contributed by atoms with Gasteiger partial charge in [0.25, 0.3) is 0 Å². The van der Waals surface area contributed by atoms with Crippen LogP contribution in [0.1, 0.15) is 40.0 Å². The molecule has 1 heterocycles. The van der Waals surface area contributed by atoms with Crippen molar-refractivity contribution >= 4 is 17.3 Å². The predicted molar refractivity (Wildman–Crippen MR) is 73.3 cm³/mol. The minimum Gasteiger partial charge on any atom is -0.477 e. The number of aromatic carboxylic acids is 1. The molecular formula is C14H14FNO2S. The fourth-order valence-corrected chi connectivity index (χ4v) is 2.65. The summed E-state index contributed by atoms with van der Waals surface area (Å²) >= 11 is 1.18. The van der Waals surface area contributed by atoms with Crippen molar-refractivity contribution in [2.45, 2.75) is 26.7 Å². The first-order valence-corrected chi connectivity index (χ1v) is 6.72. The Labute approximate surface area is 114 Å². The second-order valence-corrected chi connectivity index (χ2v) is 5.68. The Kier molecular flexibility index (Phi) is 3.66. The van der Waals surface area contributed by atoms with Crippen LogP contribution < -0.4 is 0 Å². The quantitative estimate of drug-likeness (QED) is 0.921. The summed E-state index contributed by atoms with van der Waals surface area (Å²) in [6.45, 7) is 5.57. The van der Waals surface area contributed by atoms with Gasteiger partial charge in [0.15, 0.2) is 0 Å². The molecule has 19 heavy (non-hydrogen) atoms. The topological polar surface area (TPSA) is 50.2 Å². The van der Waals surface area contributed by atoms with E-state index in [1.165, 1.54) is 17.4 Å². The summed E-state index contributed by atoms with van der Waals surface area (Å²) in [5, 5.41) is 10.0. The van der Waals surface area contributed by atoms with Crippen molar-refractivity contribution in [1.29, 1.82) is 0 Å². The minimum atomic E-state index is -0.999. The summed E-state index contributed by atoms with van der Waals surface area (Å²) in [6, 6.07) is 4.53. The SMILES string of the molecule is Cc1cc(-c2nc(C(C)C)sc2C(=O)O)ccc1F. The predicted octanol–water partition coefficient (Wildman–Crippen LogP) is 4.08. The van der Waals surface area contributed by atoms with Crippen molar-refractivity contribution in [3.63, 3.8) is 0 Å². The van der Waals surface area contributed by atoms with Crippen molar-refractivity contribution in [2.24, 2.45) is 0 Å². The molecule has 1 N–H and O–H groups in total. The molecule has 5 heteroatoms. The molecule has 0 amide bonds. The highest BCUT2D eigenvalue weighted by molar-refractivity contribution is 7.14. The van der Waals surface area contributed by atoms with Gasteiger partial charge in [-0.2, -0.15) is 0 Å². The fraction of sp³-hybridized carbons (Fsp3) is 0.286. The van der Waals surface area contributed by atoms with E-state index in [-0.39, 0.29) is 16.6 Å². The molecule has 0 aliphatic heterocycles. The molecule has 0 unspecified atom stereocenters. The highest BCUT2D eigenvalue weighted by Gasteiger charge is 2.20. The molecule has 0 saturated heterocycles. The molecule has 2 aromatic rings. The van der Waals surface area contributed by atoms with Gasteiger partial charge in [-0.3, -0.25) is 0 Å². The molecule has 0 bridgehead atoms. The van der Waals surface area contributed by atoms with Crippen LogP contribution in [0.15, 0.2) is 18.2 Å². The number of aryl methyl sites for hydroxylation is 1. The number of rotatable bonds is 3. The summed E-state index contributed by atoms with van der Waals surface area (Å²) in [7, 11) is 0. The Bertz CT molecular complexity index is 634. The van der Waals surface area contributed by atoms with Crippen LogP contribution in [0.25, 0.3) is 11.3 Å². The average molecular weight is 279 g/mol. The Balaban J connectivity index is 2.59. The maximum atomic E-state index is 13.3. The van der Waals surface area contributed by atoms with E-state index in [0.717, 1.165) is 5.01 Å². The first kappa shape index (κ1) is 13.7. The lowest BCUT2D eigenvalue weighted by Crippen LogP contribution is -1.96. The summed E-state index contributed by atoms with van der Waals surface area (Å²) < 4.78 is 13.3. The minimum absolute atomic E-state index is 0.165. The monoisotopic (exact) mass is 279 g/mol. The first-order valence-electron chi connectivity index (χ1n) is 5.90. The Morgan fingerprint density at radius 2 is 2.11 bits per heavy atom. The third kappa shape index (κ3) is 2.66. The Morgan fingerprint density at radius 1 is 1.42 bits per heavy atom. The number of aromatic nitrogens is 1. The molecule has 1 aromatic heterocycles. The van der Waals surface area contributed by atoms with Crippen molar-refractivity contribution < 1.29 is 14.3 Å². The number of carbonyl (C=O) groups is 1. The van der Waals surface area contributed by atoms with Crippen LogP contribution >= 0.6 is 11.3 Å². The molecule has 0 saturated carbocycles. The van der Waals surface area contributed by atoms with Gasteiger partial charge in [-0.15, -0.1) is 11.3 Å². The fourth-order valence-electron chi connectivity index (χ4n) is 1.72. The van der Waals surface area contributed by atoms with Crippen LogP contribution in [0.5, 0.6) is 0 Å². The van der Waals surface area contributed by atoms with Crippen molar-refractivity contribution in [2.75, 3.05) is 0 Å². The average Bonchev–Trinajstić information content (AvgIpc) is 2.78. The van der Waals surface area contributed by atoms with Crippen molar-refractivity contribution in [3.05, 3.63) is 39.5 Å². The zero-order valence-corrected chi connectivity index (χ0v) is 11.7. The van der Waals surface area contributed by atoms with E-state index in [9.17, 15) is 14.3 Å². The van der Waals surface area contributed by atoms with Crippen LogP contribution in [0.4, 0.5) is 4.39 Å². The Morgan fingerprint density at radius 3 is 2.63 bits per heavy atom. The van der Waals surface area contributed by atoms with E-state index >= 15 is 0 Å². The molecule has 3 nitrogen and oxygen atoms in total. The smallest absolute Gasteiger partial charge is 0.348 e. The van der Waals surface area contributed by atoms with E-state index in [1.807, 2.05) is 13.8 Å².